The Bertz CT molecular complexity index is 804. The molecule has 43 heavy (non-hydrogen) atoms. The SMILES string of the molecule is O=C(NCSCCSCN=CS(=O)CSCSC(=O)NCSCCSCN=CS(=O)CSCSCO)SCSCSCO. The Kier molecular flexibility index (Phi) is 39.2. The minimum absolute atomic E-state index is 0.0392. The van der Waals surface area contributed by atoms with E-state index < -0.39 is 21.6 Å². The van der Waals surface area contributed by atoms with E-state index >= 15 is 0 Å². The molecule has 4 N–H and O–H groups in total. The summed E-state index contributed by atoms with van der Waals surface area (Å²) in [5.74, 6) is 5.88. The van der Waals surface area contributed by atoms with Crippen LogP contribution in [0.2, 0.25) is 0 Å². The summed E-state index contributed by atoms with van der Waals surface area (Å²) in [6, 6.07) is 0. The zero-order valence-corrected chi connectivity index (χ0v) is 33.8. The van der Waals surface area contributed by atoms with Crippen molar-refractivity contribution in [2.24, 2.45) is 9.98 Å². The monoisotopic (exact) mass is 846 g/mol. The van der Waals surface area contributed by atoms with Gasteiger partial charge in [-0.3, -0.25) is 28.0 Å². The van der Waals surface area contributed by atoms with Gasteiger partial charge in [-0.15, -0.1) is 106 Å². The van der Waals surface area contributed by atoms with Gasteiger partial charge in [0, 0.05) is 43.4 Å². The van der Waals surface area contributed by atoms with Crippen LogP contribution >= 0.6 is 129 Å². The lowest BCUT2D eigenvalue weighted by Gasteiger charge is -2.04. The van der Waals surface area contributed by atoms with Crippen molar-refractivity contribution in [3.05, 3.63) is 0 Å². The number of carbonyl (C=O) groups is 2. The summed E-state index contributed by atoms with van der Waals surface area (Å²) in [6.07, 6.45) is 0. The Labute approximate surface area is 307 Å². The zero-order chi connectivity index (χ0) is 31.6. The van der Waals surface area contributed by atoms with E-state index in [0.29, 0.717) is 48.9 Å². The molecule has 0 fully saturated rings. The van der Waals surface area contributed by atoms with E-state index in [2.05, 4.69) is 20.6 Å². The first-order chi connectivity index (χ1) is 21.0. The summed E-state index contributed by atoms with van der Waals surface area (Å²) in [7, 11) is -2.26. The lowest BCUT2D eigenvalue weighted by Crippen LogP contribution is -2.18. The molecule has 0 aromatic carbocycles. The van der Waals surface area contributed by atoms with Crippen LogP contribution in [0.25, 0.3) is 0 Å². The van der Waals surface area contributed by atoms with Crippen molar-refractivity contribution in [3.63, 3.8) is 0 Å². The maximum atomic E-state index is 12.0. The van der Waals surface area contributed by atoms with Crippen molar-refractivity contribution in [3.8, 4) is 0 Å². The maximum absolute atomic E-state index is 12.0. The van der Waals surface area contributed by atoms with Crippen LogP contribution in [0.5, 0.6) is 0 Å². The van der Waals surface area contributed by atoms with Crippen LogP contribution in [-0.4, -0.2) is 129 Å². The number of nitrogens with zero attached hydrogens (tertiary/aromatic N) is 2. The Morgan fingerprint density at radius 2 is 1.00 bits per heavy atom. The molecule has 0 aliphatic carbocycles. The van der Waals surface area contributed by atoms with Gasteiger partial charge in [0.2, 0.25) is 0 Å². The standard InChI is InChI=1S/C20H38N4O6S13/c25-11-35-13-37-15-40-19(27)23-7-33-3-1-32-6-22-10-43(30)18-39-16-41-20(28)24-8-34-4-2-31-5-21-9-42(29)17-38-14-36-12-26/h9-10,25-26H,1-8,11-18H2,(H,23,27)(H,24,28). The molecule has 23 heteroatoms. The molecule has 0 saturated carbocycles. The Hall–Kier alpha value is 2.35. The van der Waals surface area contributed by atoms with Gasteiger partial charge in [-0.25, -0.2) is 0 Å². The van der Waals surface area contributed by atoms with Crippen molar-refractivity contribution in [2.45, 2.75) is 0 Å². The molecule has 0 aromatic heterocycles. The molecule has 0 aliphatic heterocycles. The van der Waals surface area contributed by atoms with Gasteiger partial charge in [-0.05, 0) is 0 Å². The van der Waals surface area contributed by atoms with Crippen LogP contribution in [0.3, 0.4) is 0 Å². The topological polar surface area (TPSA) is 158 Å². The highest BCUT2D eigenvalue weighted by molar-refractivity contribution is 8.27. The fourth-order valence-corrected chi connectivity index (χ4v) is 13.9. The fraction of sp³-hybridized carbons (Fsp3) is 0.800. The average molecular weight is 847 g/mol. The highest BCUT2D eigenvalue weighted by Gasteiger charge is 2.04. The van der Waals surface area contributed by atoms with E-state index in [0.717, 1.165) is 39.9 Å². The van der Waals surface area contributed by atoms with Crippen LogP contribution in [-0.2, 0) is 21.6 Å². The number of rotatable bonds is 30. The fourth-order valence-electron chi connectivity index (χ4n) is 1.87. The molecule has 0 radical (unpaired) electrons. The molecule has 0 saturated heterocycles. The van der Waals surface area contributed by atoms with Crippen molar-refractivity contribution in [2.75, 3.05) is 88.9 Å². The zero-order valence-electron chi connectivity index (χ0n) is 23.2. The smallest absolute Gasteiger partial charge is 0.280 e. The van der Waals surface area contributed by atoms with Gasteiger partial charge in [0.1, 0.15) is 0 Å². The second-order valence-corrected chi connectivity index (χ2v) is 22.6. The average Bonchev–Trinajstić information content (AvgIpc) is 2.99. The van der Waals surface area contributed by atoms with Gasteiger partial charge in [0.05, 0.1) is 78.2 Å². The van der Waals surface area contributed by atoms with Gasteiger partial charge < -0.3 is 20.8 Å². The summed E-state index contributed by atoms with van der Waals surface area (Å²) in [6.45, 7) is 0. The van der Waals surface area contributed by atoms with Gasteiger partial charge >= 0.3 is 0 Å². The lowest BCUT2D eigenvalue weighted by atomic mass is 11.0. The second-order valence-electron chi connectivity index (χ2n) is 6.72. The van der Waals surface area contributed by atoms with Gasteiger partial charge in [-0.1, -0.05) is 23.5 Å². The second kappa shape index (κ2) is 37.2. The molecule has 2 atom stereocenters. The molecule has 10 nitrogen and oxygen atoms in total. The first-order valence-corrected chi connectivity index (χ1v) is 27.1. The van der Waals surface area contributed by atoms with Crippen molar-refractivity contribution in [1.29, 1.82) is 0 Å². The number of aliphatic hydroxyl groups is 2. The molecule has 0 aromatic rings. The van der Waals surface area contributed by atoms with Crippen LogP contribution in [0, 0.1) is 0 Å². The van der Waals surface area contributed by atoms with Crippen LogP contribution in [0.4, 0.5) is 9.59 Å². The van der Waals surface area contributed by atoms with E-state index in [9.17, 15) is 18.0 Å². The third kappa shape index (κ3) is 37.0. The van der Waals surface area contributed by atoms with E-state index in [1.165, 1.54) is 69.9 Å². The summed E-state index contributed by atoms with van der Waals surface area (Å²) in [4.78, 5) is 31.9. The predicted molar refractivity (Wildman–Crippen MR) is 216 cm³/mol. The predicted octanol–water partition coefficient (Wildman–Crippen LogP) is 5.50. The van der Waals surface area contributed by atoms with Gasteiger partial charge in [0.15, 0.2) is 0 Å². The first-order valence-electron chi connectivity index (χ1n) is 12.0. The molecule has 0 bridgehead atoms. The largest absolute Gasteiger partial charge is 0.386 e. The highest BCUT2D eigenvalue weighted by atomic mass is 32.3. The molecular formula is C20H38N4O6S13. The maximum Gasteiger partial charge on any atom is 0.280 e. The minimum atomic E-state index is -1.17. The molecule has 2 amide bonds. The highest BCUT2D eigenvalue weighted by Crippen LogP contribution is 2.18. The number of nitrogens with one attached hydrogen (secondary N) is 2. The van der Waals surface area contributed by atoms with Gasteiger partial charge in [-0.2, -0.15) is 0 Å². The van der Waals surface area contributed by atoms with Crippen LogP contribution < -0.4 is 10.6 Å². The number of carbonyl (C=O) groups excluding carboxylic acids is 2. The molecule has 0 rings (SSSR count). The molecular weight excluding hydrogens is 809 g/mol. The van der Waals surface area contributed by atoms with E-state index in [1.807, 2.05) is 0 Å². The number of amides is 2. The van der Waals surface area contributed by atoms with Crippen LogP contribution in [0.1, 0.15) is 0 Å². The number of aliphatic imine (C=N–C) groups is 2. The third-order valence-electron chi connectivity index (χ3n) is 3.56. The minimum Gasteiger partial charge on any atom is -0.386 e. The van der Waals surface area contributed by atoms with E-state index in [1.54, 1.807) is 58.8 Å². The van der Waals surface area contributed by atoms with Gasteiger partial charge in [0.25, 0.3) is 10.5 Å². The summed E-state index contributed by atoms with van der Waals surface area (Å²) >= 11 is 16.3. The number of hydrogen-bond acceptors (Lipinski definition) is 19. The molecule has 0 spiro atoms. The lowest BCUT2D eigenvalue weighted by molar-refractivity contribution is 0.261. The van der Waals surface area contributed by atoms with Crippen LogP contribution in [0.15, 0.2) is 9.98 Å². The third-order valence-corrected chi connectivity index (χ3v) is 17.5. The first kappa shape index (κ1) is 45.3. The Balaban J connectivity index is 3.49. The van der Waals surface area contributed by atoms with Crippen molar-refractivity contribution in [1.82, 2.24) is 10.6 Å². The normalized spacial score (nSPS) is 13.1. The summed E-state index contributed by atoms with van der Waals surface area (Å²) in [5.41, 5.74) is 2.94. The number of thioether (sulfide) groups is 11. The molecule has 2 unspecified atom stereocenters. The molecule has 0 heterocycles. The summed E-state index contributed by atoms with van der Waals surface area (Å²) < 4.78 is 23.7. The van der Waals surface area contributed by atoms with Crippen molar-refractivity contribution < 1.29 is 28.2 Å². The number of hydrogen-bond donors (Lipinski definition) is 4. The molecule has 0 aliphatic rings. The Morgan fingerprint density at radius 1 is 0.581 bits per heavy atom. The van der Waals surface area contributed by atoms with E-state index in [4.69, 9.17) is 10.2 Å². The Morgan fingerprint density at radius 3 is 1.49 bits per heavy atom. The van der Waals surface area contributed by atoms with E-state index in [-0.39, 0.29) is 22.4 Å². The quantitative estimate of drug-likeness (QED) is 0.0311. The number of aliphatic hydroxyl groups excluding tert-OH is 2. The summed E-state index contributed by atoms with van der Waals surface area (Å²) in [5, 5.41) is 26.5. The molecule has 252 valence electrons. The van der Waals surface area contributed by atoms with Crippen molar-refractivity contribution >= 4 is 173 Å².